The SMILES string of the molecule is COCCCN1C(=O)C(=O)/C(=C(/O)c2ccc(C)cc2)C1c1cccc([N+](=O)[O-])c1. The van der Waals surface area contributed by atoms with Gasteiger partial charge in [-0.2, -0.15) is 0 Å². The lowest BCUT2D eigenvalue weighted by atomic mass is 9.94. The van der Waals surface area contributed by atoms with Crippen molar-refractivity contribution in [3.05, 3.63) is 80.9 Å². The Balaban J connectivity index is 2.15. The third-order valence-electron chi connectivity index (χ3n) is 5.01. The normalized spacial score (nSPS) is 18.1. The molecule has 8 heteroatoms. The third-order valence-corrected chi connectivity index (χ3v) is 5.01. The van der Waals surface area contributed by atoms with Crippen molar-refractivity contribution >= 4 is 23.1 Å². The minimum atomic E-state index is -0.928. The van der Waals surface area contributed by atoms with Crippen molar-refractivity contribution in [2.45, 2.75) is 19.4 Å². The number of methoxy groups -OCH3 is 1. The summed E-state index contributed by atoms with van der Waals surface area (Å²) in [6.07, 6.45) is 0.472. The molecule has 2 aromatic carbocycles. The molecule has 1 heterocycles. The van der Waals surface area contributed by atoms with Gasteiger partial charge in [0.1, 0.15) is 5.76 Å². The van der Waals surface area contributed by atoms with Crippen molar-refractivity contribution in [2.75, 3.05) is 20.3 Å². The molecule has 156 valence electrons. The van der Waals surface area contributed by atoms with Gasteiger partial charge in [0, 0.05) is 38.0 Å². The number of likely N-dealkylation sites (tertiary alicyclic amines) is 1. The van der Waals surface area contributed by atoms with Crippen LogP contribution in [0.4, 0.5) is 5.69 Å². The number of ketones is 1. The number of ether oxygens (including phenoxy) is 1. The van der Waals surface area contributed by atoms with E-state index in [1.807, 2.05) is 6.92 Å². The molecule has 3 rings (SSSR count). The van der Waals surface area contributed by atoms with Crippen molar-refractivity contribution in [3.63, 3.8) is 0 Å². The van der Waals surface area contributed by atoms with Crippen LogP contribution in [-0.4, -0.2) is 46.9 Å². The molecule has 1 unspecified atom stereocenters. The molecule has 0 aromatic heterocycles. The fraction of sp³-hybridized carbons (Fsp3) is 0.273. The van der Waals surface area contributed by atoms with Gasteiger partial charge in [0.05, 0.1) is 16.5 Å². The highest BCUT2D eigenvalue weighted by Crippen LogP contribution is 2.40. The second kappa shape index (κ2) is 8.87. The number of aliphatic hydroxyl groups is 1. The Morgan fingerprint density at radius 2 is 1.90 bits per heavy atom. The monoisotopic (exact) mass is 410 g/mol. The molecule has 0 spiro atoms. The Morgan fingerprint density at radius 1 is 1.20 bits per heavy atom. The topological polar surface area (TPSA) is 110 Å². The van der Waals surface area contributed by atoms with Gasteiger partial charge in [-0.1, -0.05) is 42.0 Å². The summed E-state index contributed by atoms with van der Waals surface area (Å²) in [7, 11) is 1.53. The van der Waals surface area contributed by atoms with Gasteiger partial charge in [-0.3, -0.25) is 19.7 Å². The summed E-state index contributed by atoms with van der Waals surface area (Å²) in [5.74, 6) is -1.88. The van der Waals surface area contributed by atoms with Gasteiger partial charge in [0.25, 0.3) is 17.4 Å². The van der Waals surface area contributed by atoms with E-state index in [0.717, 1.165) is 5.56 Å². The van der Waals surface area contributed by atoms with Gasteiger partial charge in [-0.05, 0) is 18.9 Å². The molecule has 0 saturated carbocycles. The third kappa shape index (κ3) is 4.08. The van der Waals surface area contributed by atoms with E-state index in [0.29, 0.717) is 24.2 Å². The predicted molar refractivity (Wildman–Crippen MR) is 110 cm³/mol. The van der Waals surface area contributed by atoms with Crippen LogP contribution in [0.3, 0.4) is 0 Å². The second-order valence-electron chi connectivity index (χ2n) is 7.06. The number of benzene rings is 2. The summed E-state index contributed by atoms with van der Waals surface area (Å²) in [4.78, 5) is 37.6. The largest absolute Gasteiger partial charge is 0.507 e. The van der Waals surface area contributed by atoms with Crippen LogP contribution in [-0.2, 0) is 14.3 Å². The number of nitrogens with zero attached hydrogens (tertiary/aromatic N) is 2. The molecule has 1 fully saturated rings. The van der Waals surface area contributed by atoms with Crippen molar-refractivity contribution in [1.29, 1.82) is 0 Å². The second-order valence-corrected chi connectivity index (χ2v) is 7.06. The van der Waals surface area contributed by atoms with Crippen molar-refractivity contribution in [3.8, 4) is 0 Å². The fourth-order valence-electron chi connectivity index (χ4n) is 3.51. The van der Waals surface area contributed by atoms with Gasteiger partial charge in [0.15, 0.2) is 0 Å². The van der Waals surface area contributed by atoms with E-state index >= 15 is 0 Å². The van der Waals surface area contributed by atoms with E-state index in [2.05, 4.69) is 0 Å². The number of carbonyl (C=O) groups is 2. The molecule has 0 radical (unpaired) electrons. The molecule has 1 atom stereocenters. The summed E-state index contributed by atoms with van der Waals surface area (Å²) in [6.45, 7) is 2.47. The first kappa shape index (κ1) is 21.2. The van der Waals surface area contributed by atoms with Gasteiger partial charge in [-0.25, -0.2) is 0 Å². The molecule has 8 nitrogen and oxygen atoms in total. The predicted octanol–water partition coefficient (Wildman–Crippen LogP) is 3.36. The van der Waals surface area contributed by atoms with Crippen LogP contribution in [0.1, 0.15) is 29.2 Å². The smallest absolute Gasteiger partial charge is 0.295 e. The van der Waals surface area contributed by atoms with Crippen molar-refractivity contribution in [1.82, 2.24) is 4.90 Å². The van der Waals surface area contributed by atoms with E-state index in [1.54, 1.807) is 30.3 Å². The average Bonchev–Trinajstić information content (AvgIpc) is 2.99. The minimum absolute atomic E-state index is 0.0817. The summed E-state index contributed by atoms with van der Waals surface area (Å²) < 4.78 is 5.04. The van der Waals surface area contributed by atoms with Crippen molar-refractivity contribution < 1.29 is 24.4 Å². The zero-order chi connectivity index (χ0) is 21.8. The highest BCUT2D eigenvalue weighted by molar-refractivity contribution is 6.46. The highest BCUT2D eigenvalue weighted by Gasteiger charge is 2.46. The zero-order valence-electron chi connectivity index (χ0n) is 16.7. The number of nitro benzene ring substituents is 1. The molecule has 1 amide bonds. The molecule has 0 bridgehead atoms. The fourth-order valence-corrected chi connectivity index (χ4v) is 3.51. The number of aryl methyl sites for hydroxylation is 1. The summed E-state index contributed by atoms with van der Waals surface area (Å²) in [5.41, 5.74) is 1.51. The summed E-state index contributed by atoms with van der Waals surface area (Å²) in [5, 5.41) is 22.2. The van der Waals surface area contributed by atoms with Crippen LogP contribution in [0.25, 0.3) is 5.76 Å². The van der Waals surface area contributed by atoms with Crippen molar-refractivity contribution in [2.24, 2.45) is 0 Å². The lowest BCUT2D eigenvalue weighted by Gasteiger charge is -2.25. The standard InChI is InChI=1S/C22H22N2O6/c1-14-7-9-15(10-8-14)20(25)18-19(16-5-3-6-17(13-16)24(28)29)23(11-4-12-30-2)22(27)21(18)26/h3,5-10,13,19,25H,4,11-12H2,1-2H3/b20-18+. The Hall–Kier alpha value is -3.52. The van der Waals surface area contributed by atoms with Gasteiger partial charge in [0.2, 0.25) is 0 Å². The Morgan fingerprint density at radius 3 is 2.53 bits per heavy atom. The number of hydrogen-bond acceptors (Lipinski definition) is 6. The number of carbonyl (C=O) groups excluding carboxylic acids is 2. The molecule has 1 aliphatic rings. The lowest BCUT2D eigenvalue weighted by molar-refractivity contribution is -0.384. The van der Waals surface area contributed by atoms with E-state index < -0.39 is 22.7 Å². The lowest BCUT2D eigenvalue weighted by Crippen LogP contribution is -2.31. The molecule has 30 heavy (non-hydrogen) atoms. The first-order valence-corrected chi connectivity index (χ1v) is 9.44. The quantitative estimate of drug-likeness (QED) is 0.187. The number of Topliss-reactive ketones (excluding diaryl/α,β-unsaturated/α-hetero) is 1. The zero-order valence-corrected chi connectivity index (χ0v) is 16.7. The number of amides is 1. The number of nitro groups is 1. The molecule has 0 aliphatic carbocycles. The average molecular weight is 410 g/mol. The maximum Gasteiger partial charge on any atom is 0.295 e. The Bertz CT molecular complexity index is 1010. The first-order valence-electron chi connectivity index (χ1n) is 9.44. The van der Waals surface area contributed by atoms with Gasteiger partial charge in [-0.15, -0.1) is 0 Å². The van der Waals surface area contributed by atoms with Crippen LogP contribution < -0.4 is 0 Å². The number of rotatable bonds is 7. The van der Waals surface area contributed by atoms with E-state index in [1.165, 1.54) is 30.2 Å². The Kier molecular flexibility index (Phi) is 6.27. The molecular weight excluding hydrogens is 388 g/mol. The molecule has 1 aliphatic heterocycles. The molecule has 1 N–H and O–H groups in total. The number of hydrogen-bond donors (Lipinski definition) is 1. The highest BCUT2D eigenvalue weighted by atomic mass is 16.6. The van der Waals surface area contributed by atoms with E-state index in [9.17, 15) is 24.8 Å². The van der Waals surface area contributed by atoms with Gasteiger partial charge < -0.3 is 14.7 Å². The first-order chi connectivity index (χ1) is 14.3. The van der Waals surface area contributed by atoms with Crippen LogP contribution in [0.2, 0.25) is 0 Å². The summed E-state index contributed by atoms with van der Waals surface area (Å²) >= 11 is 0. The van der Waals surface area contributed by atoms with Crippen LogP contribution in [0, 0.1) is 17.0 Å². The van der Waals surface area contributed by atoms with Crippen LogP contribution >= 0.6 is 0 Å². The van der Waals surface area contributed by atoms with Crippen LogP contribution in [0.5, 0.6) is 0 Å². The number of aliphatic hydroxyl groups excluding tert-OH is 1. The van der Waals surface area contributed by atoms with Gasteiger partial charge >= 0.3 is 0 Å². The molecular formula is C22H22N2O6. The molecule has 1 saturated heterocycles. The maximum atomic E-state index is 12.9. The van der Waals surface area contributed by atoms with Crippen LogP contribution in [0.15, 0.2) is 54.1 Å². The maximum absolute atomic E-state index is 12.9. The number of non-ortho nitro benzene ring substituents is 1. The van der Waals surface area contributed by atoms with E-state index in [-0.39, 0.29) is 23.6 Å². The Labute approximate surface area is 173 Å². The van der Waals surface area contributed by atoms with E-state index in [4.69, 9.17) is 4.74 Å². The summed E-state index contributed by atoms with van der Waals surface area (Å²) in [6, 6.07) is 11.7. The minimum Gasteiger partial charge on any atom is -0.507 e. The molecule has 2 aromatic rings.